The summed E-state index contributed by atoms with van der Waals surface area (Å²) in [6, 6.07) is 8.78. The zero-order chi connectivity index (χ0) is 22.4. The molecule has 1 aromatic carbocycles. The number of ether oxygens (including phenoxy) is 1. The molecule has 1 N–H and O–H groups in total. The van der Waals surface area contributed by atoms with Crippen LogP contribution in [0.4, 0.5) is 4.79 Å². The largest absolute Gasteiger partial charge is 0.444 e. The number of nitrogens with zero attached hydrogens (tertiary/aromatic N) is 2. The van der Waals surface area contributed by atoms with Gasteiger partial charge in [-0.3, -0.25) is 4.57 Å². The highest BCUT2D eigenvalue weighted by molar-refractivity contribution is 7.54. The number of benzene rings is 1. The number of hydrogen-bond acceptors (Lipinski definition) is 7. The topological polar surface area (TPSA) is 88.5 Å². The Hall–Kier alpha value is -1.44. The van der Waals surface area contributed by atoms with Gasteiger partial charge in [-0.2, -0.15) is 5.06 Å². The molecule has 170 valence electrons. The first-order valence-electron chi connectivity index (χ1n) is 10.5. The maximum atomic E-state index is 13.8. The third-order valence-electron chi connectivity index (χ3n) is 4.71. The first-order chi connectivity index (χ1) is 14.1. The van der Waals surface area contributed by atoms with Crippen LogP contribution in [-0.4, -0.2) is 58.4 Å². The zero-order valence-corrected chi connectivity index (χ0v) is 19.5. The summed E-state index contributed by atoms with van der Waals surface area (Å²) in [6.07, 6.45) is 0.764. The minimum atomic E-state index is -3.77. The molecule has 0 aromatic heterocycles. The van der Waals surface area contributed by atoms with Gasteiger partial charge in [0, 0.05) is 13.1 Å². The highest BCUT2D eigenvalue weighted by Gasteiger charge is 2.50. The van der Waals surface area contributed by atoms with Crippen molar-refractivity contribution < 1.29 is 28.4 Å². The molecule has 1 fully saturated rings. The fourth-order valence-electron chi connectivity index (χ4n) is 3.64. The summed E-state index contributed by atoms with van der Waals surface area (Å²) in [5.41, 5.74) is 0.179. The number of likely N-dealkylation sites (tertiary alicyclic amines) is 1. The SMILES string of the molecule is CCOP(=O)(OCC)[C@@H]([C@@H]1CCCN1C(=O)OC(C)(C)C)N(O)Cc1ccccc1. The molecule has 0 bridgehead atoms. The molecule has 0 unspecified atom stereocenters. The average molecular weight is 442 g/mol. The van der Waals surface area contributed by atoms with Crippen LogP contribution in [-0.2, 0) is 24.9 Å². The van der Waals surface area contributed by atoms with Crippen LogP contribution in [0.15, 0.2) is 30.3 Å². The van der Waals surface area contributed by atoms with Crippen LogP contribution in [0, 0.1) is 0 Å². The van der Waals surface area contributed by atoms with Crippen molar-refractivity contribution in [3.63, 3.8) is 0 Å². The van der Waals surface area contributed by atoms with E-state index in [-0.39, 0.29) is 19.8 Å². The van der Waals surface area contributed by atoms with E-state index in [0.29, 0.717) is 19.4 Å². The second-order valence-corrected chi connectivity index (χ2v) is 10.4. The van der Waals surface area contributed by atoms with E-state index < -0.39 is 31.1 Å². The normalized spacial score (nSPS) is 18.6. The lowest BCUT2D eigenvalue weighted by atomic mass is 10.2. The van der Waals surface area contributed by atoms with E-state index in [0.717, 1.165) is 10.6 Å². The second-order valence-electron chi connectivity index (χ2n) is 8.26. The summed E-state index contributed by atoms with van der Waals surface area (Å²) in [6.45, 7) is 9.73. The Labute approximate surface area is 179 Å². The minimum absolute atomic E-state index is 0.119. The van der Waals surface area contributed by atoms with E-state index in [4.69, 9.17) is 13.8 Å². The lowest BCUT2D eigenvalue weighted by Crippen LogP contribution is -2.51. The Bertz CT molecular complexity index is 714. The van der Waals surface area contributed by atoms with Crippen LogP contribution in [0.5, 0.6) is 0 Å². The van der Waals surface area contributed by atoms with Gasteiger partial charge in [0.25, 0.3) is 0 Å². The third kappa shape index (κ3) is 6.53. The first-order valence-corrected chi connectivity index (χ1v) is 12.1. The van der Waals surface area contributed by atoms with Crippen LogP contribution in [0.25, 0.3) is 0 Å². The summed E-state index contributed by atoms with van der Waals surface area (Å²) in [7, 11) is -3.77. The zero-order valence-electron chi connectivity index (χ0n) is 18.6. The van der Waals surface area contributed by atoms with Crippen molar-refractivity contribution in [3.8, 4) is 0 Å². The summed E-state index contributed by atoms with van der Waals surface area (Å²) < 4.78 is 30.5. The quantitative estimate of drug-likeness (QED) is 0.431. The summed E-state index contributed by atoms with van der Waals surface area (Å²) in [5, 5.41) is 12.1. The maximum absolute atomic E-state index is 13.8. The highest BCUT2D eigenvalue weighted by atomic mass is 31.2. The lowest BCUT2D eigenvalue weighted by Gasteiger charge is -2.39. The first kappa shape index (κ1) is 24.8. The Kier molecular flexibility index (Phi) is 8.88. The van der Waals surface area contributed by atoms with Crippen molar-refractivity contribution in [3.05, 3.63) is 35.9 Å². The fourth-order valence-corrected chi connectivity index (χ4v) is 5.88. The van der Waals surface area contributed by atoms with Gasteiger partial charge in [-0.15, -0.1) is 0 Å². The Morgan fingerprint density at radius 3 is 2.37 bits per heavy atom. The molecule has 1 amide bonds. The van der Waals surface area contributed by atoms with Gasteiger partial charge in [0.15, 0.2) is 5.78 Å². The van der Waals surface area contributed by atoms with E-state index in [1.807, 2.05) is 30.3 Å². The van der Waals surface area contributed by atoms with Gasteiger partial charge in [0.1, 0.15) is 5.60 Å². The molecule has 1 heterocycles. The van der Waals surface area contributed by atoms with Crippen LogP contribution < -0.4 is 0 Å². The Balaban J connectivity index is 2.38. The van der Waals surface area contributed by atoms with Gasteiger partial charge in [-0.05, 0) is 53.0 Å². The van der Waals surface area contributed by atoms with Gasteiger partial charge in [-0.1, -0.05) is 30.3 Å². The molecular formula is C21H35N2O6P. The number of hydroxylamine groups is 2. The van der Waals surface area contributed by atoms with E-state index in [9.17, 15) is 14.6 Å². The summed E-state index contributed by atoms with van der Waals surface area (Å²) in [4.78, 5) is 14.4. The molecule has 0 radical (unpaired) electrons. The van der Waals surface area contributed by atoms with Crippen molar-refractivity contribution in [2.75, 3.05) is 19.8 Å². The van der Waals surface area contributed by atoms with E-state index in [2.05, 4.69) is 0 Å². The number of rotatable bonds is 9. The van der Waals surface area contributed by atoms with Crippen molar-refractivity contribution >= 4 is 13.7 Å². The molecule has 1 aliphatic heterocycles. The number of amides is 1. The molecular weight excluding hydrogens is 407 g/mol. The van der Waals surface area contributed by atoms with Gasteiger partial charge in [0.2, 0.25) is 0 Å². The fraction of sp³-hybridized carbons (Fsp3) is 0.667. The second kappa shape index (κ2) is 10.7. The molecule has 0 saturated carbocycles. The third-order valence-corrected chi connectivity index (χ3v) is 7.20. The molecule has 1 aromatic rings. The molecule has 0 spiro atoms. The van der Waals surface area contributed by atoms with Gasteiger partial charge in [-0.25, -0.2) is 4.79 Å². The molecule has 30 heavy (non-hydrogen) atoms. The van der Waals surface area contributed by atoms with Crippen molar-refractivity contribution in [2.24, 2.45) is 0 Å². The molecule has 1 saturated heterocycles. The Morgan fingerprint density at radius 2 is 1.83 bits per heavy atom. The molecule has 2 atom stereocenters. The van der Waals surface area contributed by atoms with E-state index in [1.165, 1.54) is 4.90 Å². The molecule has 0 aliphatic carbocycles. The summed E-state index contributed by atoms with van der Waals surface area (Å²) in [5.74, 6) is -1.03. The minimum Gasteiger partial charge on any atom is -0.444 e. The predicted molar refractivity (Wildman–Crippen MR) is 114 cm³/mol. The Morgan fingerprint density at radius 1 is 1.23 bits per heavy atom. The number of carbonyl (C=O) groups excluding carboxylic acids is 1. The number of carbonyl (C=O) groups is 1. The van der Waals surface area contributed by atoms with Crippen molar-refractivity contribution in [1.29, 1.82) is 0 Å². The average Bonchev–Trinajstić information content (AvgIpc) is 3.10. The van der Waals surface area contributed by atoms with E-state index >= 15 is 0 Å². The predicted octanol–water partition coefficient (Wildman–Crippen LogP) is 4.87. The van der Waals surface area contributed by atoms with Crippen LogP contribution in [0.1, 0.15) is 53.0 Å². The van der Waals surface area contributed by atoms with E-state index in [1.54, 1.807) is 34.6 Å². The van der Waals surface area contributed by atoms with Crippen molar-refractivity contribution in [1.82, 2.24) is 9.96 Å². The van der Waals surface area contributed by atoms with Crippen LogP contribution in [0.3, 0.4) is 0 Å². The van der Waals surface area contributed by atoms with Crippen LogP contribution in [0.2, 0.25) is 0 Å². The molecule has 2 rings (SSSR count). The molecule has 1 aliphatic rings. The smallest absolute Gasteiger partial charge is 0.410 e. The standard InChI is InChI=1S/C21H35N2O6P/c1-6-27-30(26,28-7-2)19(23(25)16-17-12-9-8-10-13-17)18-14-11-15-22(18)20(24)29-21(3,4)5/h8-10,12-13,18-19,25H,6-7,11,14-16H2,1-5H3/t18-,19-/m0/s1. The van der Waals surface area contributed by atoms with Gasteiger partial charge in [0.05, 0.1) is 19.3 Å². The van der Waals surface area contributed by atoms with Crippen LogP contribution >= 0.6 is 7.60 Å². The van der Waals surface area contributed by atoms with Gasteiger partial charge < -0.3 is 23.9 Å². The summed E-state index contributed by atoms with van der Waals surface area (Å²) >= 11 is 0. The molecule has 8 nitrogen and oxygen atoms in total. The highest BCUT2D eigenvalue weighted by Crippen LogP contribution is 2.57. The van der Waals surface area contributed by atoms with Gasteiger partial charge >= 0.3 is 13.7 Å². The van der Waals surface area contributed by atoms with Crippen molar-refractivity contribution in [2.45, 2.75) is 71.4 Å². The number of hydrogen-bond donors (Lipinski definition) is 1. The maximum Gasteiger partial charge on any atom is 0.410 e. The molecule has 9 heteroatoms. The monoisotopic (exact) mass is 442 g/mol. The lowest BCUT2D eigenvalue weighted by molar-refractivity contribution is -0.132.